The zero-order valence-corrected chi connectivity index (χ0v) is 11.8. The molecule has 0 unspecified atom stereocenters. The topological polar surface area (TPSA) is 29.5 Å². The highest BCUT2D eigenvalue weighted by molar-refractivity contribution is 5.94. The number of rotatable bonds is 1. The molecule has 0 radical (unpaired) electrons. The second-order valence-electron chi connectivity index (χ2n) is 5.05. The second kappa shape index (κ2) is 4.67. The molecular weight excluding hydrogens is 250 g/mol. The summed E-state index contributed by atoms with van der Waals surface area (Å²) in [7, 11) is 1.67. The van der Waals surface area contributed by atoms with E-state index >= 15 is 0 Å². The maximum Gasteiger partial charge on any atom is 0.223 e. The summed E-state index contributed by atoms with van der Waals surface area (Å²) in [5.41, 5.74) is 3.11. The molecule has 0 bridgehead atoms. The van der Waals surface area contributed by atoms with Gasteiger partial charge in [-0.25, -0.2) is 0 Å². The number of amides is 1. The van der Waals surface area contributed by atoms with Crippen LogP contribution in [0.2, 0.25) is 0 Å². The van der Waals surface area contributed by atoms with Gasteiger partial charge in [-0.3, -0.25) is 4.79 Å². The van der Waals surface area contributed by atoms with Gasteiger partial charge < -0.3 is 9.64 Å². The zero-order valence-electron chi connectivity index (χ0n) is 11.8. The molecule has 1 amide bonds. The van der Waals surface area contributed by atoms with Crippen LogP contribution in [0.4, 0.5) is 0 Å². The van der Waals surface area contributed by atoms with Crippen LogP contribution in [-0.4, -0.2) is 24.5 Å². The van der Waals surface area contributed by atoms with Gasteiger partial charge in [0.05, 0.1) is 7.11 Å². The summed E-state index contributed by atoms with van der Waals surface area (Å²) in [6.45, 7) is 6.36. The van der Waals surface area contributed by atoms with Crippen LogP contribution in [-0.2, 0) is 11.2 Å². The van der Waals surface area contributed by atoms with Crippen molar-refractivity contribution in [1.82, 2.24) is 4.90 Å². The van der Waals surface area contributed by atoms with Gasteiger partial charge in [0.15, 0.2) is 0 Å². The number of hydrogen-bond acceptors (Lipinski definition) is 2. The molecule has 102 valence electrons. The maximum absolute atomic E-state index is 11.6. The van der Waals surface area contributed by atoms with E-state index in [4.69, 9.17) is 4.74 Å². The van der Waals surface area contributed by atoms with Gasteiger partial charge in [-0.15, -0.1) is 0 Å². The highest BCUT2D eigenvalue weighted by Crippen LogP contribution is 2.34. The molecule has 2 aromatic rings. The summed E-state index contributed by atoms with van der Waals surface area (Å²) in [5, 5.41) is 2.37. The van der Waals surface area contributed by atoms with E-state index in [0.717, 1.165) is 23.4 Å². The molecule has 3 heteroatoms. The monoisotopic (exact) mass is 267 g/mol. The van der Waals surface area contributed by atoms with E-state index in [2.05, 4.69) is 30.8 Å². The van der Waals surface area contributed by atoms with Gasteiger partial charge in [0.1, 0.15) is 5.75 Å². The summed E-state index contributed by atoms with van der Waals surface area (Å²) in [5.74, 6) is 0.900. The number of carbonyl (C=O) groups excluding carboxylic acids is 1. The predicted molar refractivity (Wildman–Crippen MR) is 80.6 cm³/mol. The van der Waals surface area contributed by atoms with Crippen LogP contribution < -0.4 is 4.74 Å². The van der Waals surface area contributed by atoms with Crippen LogP contribution in [0.3, 0.4) is 0 Å². The Kier molecular flexibility index (Phi) is 2.97. The second-order valence-corrected chi connectivity index (χ2v) is 5.05. The fourth-order valence-electron chi connectivity index (χ4n) is 2.88. The van der Waals surface area contributed by atoms with Gasteiger partial charge in [-0.1, -0.05) is 24.8 Å². The van der Waals surface area contributed by atoms with E-state index in [-0.39, 0.29) is 5.91 Å². The molecule has 0 atom stereocenters. The first kappa shape index (κ1) is 12.7. The van der Waals surface area contributed by atoms with Crippen molar-refractivity contribution in [3.8, 4) is 5.75 Å². The first-order valence-corrected chi connectivity index (χ1v) is 6.69. The lowest BCUT2D eigenvalue weighted by atomic mass is 9.91. The lowest BCUT2D eigenvalue weighted by Crippen LogP contribution is -2.32. The maximum atomic E-state index is 11.6. The highest BCUT2D eigenvalue weighted by Gasteiger charge is 2.23. The first-order chi connectivity index (χ1) is 9.61. The van der Waals surface area contributed by atoms with Gasteiger partial charge in [-0.2, -0.15) is 0 Å². The molecule has 1 aliphatic heterocycles. The Morgan fingerprint density at radius 1 is 1.30 bits per heavy atom. The molecule has 20 heavy (non-hydrogen) atoms. The summed E-state index contributed by atoms with van der Waals surface area (Å²) in [4.78, 5) is 13.4. The van der Waals surface area contributed by atoms with Gasteiger partial charge in [0.25, 0.3) is 0 Å². The Hall–Kier alpha value is -2.29. The molecule has 0 aliphatic carbocycles. The van der Waals surface area contributed by atoms with E-state index in [1.807, 2.05) is 6.07 Å². The van der Waals surface area contributed by atoms with E-state index < -0.39 is 0 Å². The van der Waals surface area contributed by atoms with Crippen LogP contribution in [0, 0.1) is 0 Å². The van der Waals surface area contributed by atoms with Crippen LogP contribution in [0.1, 0.15) is 18.1 Å². The molecule has 0 saturated carbocycles. The van der Waals surface area contributed by atoms with Crippen molar-refractivity contribution in [3.05, 3.63) is 48.0 Å². The summed E-state index contributed by atoms with van der Waals surface area (Å²) in [6.07, 6.45) is 0.846. The van der Waals surface area contributed by atoms with E-state index in [9.17, 15) is 4.79 Å². The van der Waals surface area contributed by atoms with Crippen molar-refractivity contribution in [2.75, 3.05) is 13.7 Å². The van der Waals surface area contributed by atoms with Gasteiger partial charge in [0, 0.05) is 24.7 Å². The summed E-state index contributed by atoms with van der Waals surface area (Å²) in [6, 6.07) is 10.2. The minimum atomic E-state index is 0.0476. The van der Waals surface area contributed by atoms with Crippen molar-refractivity contribution < 1.29 is 9.53 Å². The smallest absolute Gasteiger partial charge is 0.223 e. The van der Waals surface area contributed by atoms with E-state index in [1.165, 1.54) is 16.3 Å². The molecule has 2 aromatic carbocycles. The number of methoxy groups -OCH3 is 1. The van der Waals surface area contributed by atoms with Crippen molar-refractivity contribution in [2.24, 2.45) is 0 Å². The minimum Gasteiger partial charge on any atom is -0.497 e. The lowest BCUT2D eigenvalue weighted by Gasteiger charge is -2.31. The van der Waals surface area contributed by atoms with Crippen LogP contribution in [0.25, 0.3) is 16.5 Å². The third-order valence-corrected chi connectivity index (χ3v) is 3.94. The third kappa shape index (κ3) is 1.86. The van der Waals surface area contributed by atoms with Gasteiger partial charge in [-0.05, 0) is 34.9 Å². The van der Waals surface area contributed by atoms with Crippen LogP contribution in [0.5, 0.6) is 5.75 Å². The van der Waals surface area contributed by atoms with Crippen molar-refractivity contribution >= 4 is 22.4 Å². The molecule has 3 nitrogen and oxygen atoms in total. The van der Waals surface area contributed by atoms with E-state index in [0.29, 0.717) is 6.54 Å². The van der Waals surface area contributed by atoms with Gasteiger partial charge in [0.2, 0.25) is 5.91 Å². The number of fused-ring (bicyclic) bond motifs is 3. The lowest BCUT2D eigenvalue weighted by molar-refractivity contribution is -0.125. The van der Waals surface area contributed by atoms with Crippen LogP contribution >= 0.6 is 0 Å². The fourth-order valence-corrected chi connectivity index (χ4v) is 2.88. The van der Waals surface area contributed by atoms with Crippen molar-refractivity contribution in [2.45, 2.75) is 13.3 Å². The number of hydrogen-bond donors (Lipinski definition) is 0. The highest BCUT2D eigenvalue weighted by atomic mass is 16.5. The standard InChI is InChI=1S/C17H17NO2/c1-11-15-7-5-13-4-6-14(20-3)10-17(13)16(15)8-9-18(11)12(2)19/h4-7,10H,1,8-9H2,2-3H3. The predicted octanol–water partition coefficient (Wildman–Crippen LogP) is 3.22. The molecule has 3 rings (SSSR count). The Morgan fingerprint density at radius 3 is 2.75 bits per heavy atom. The van der Waals surface area contributed by atoms with Crippen molar-refractivity contribution in [3.63, 3.8) is 0 Å². The van der Waals surface area contributed by atoms with Crippen molar-refractivity contribution in [1.29, 1.82) is 0 Å². The largest absolute Gasteiger partial charge is 0.497 e. The fraction of sp³-hybridized carbons (Fsp3) is 0.235. The summed E-state index contributed by atoms with van der Waals surface area (Å²) < 4.78 is 5.31. The number of benzene rings is 2. The molecule has 1 heterocycles. The molecule has 0 aromatic heterocycles. The summed E-state index contributed by atoms with van der Waals surface area (Å²) >= 11 is 0. The zero-order chi connectivity index (χ0) is 14.3. The molecule has 0 N–H and O–H groups in total. The first-order valence-electron chi connectivity index (χ1n) is 6.69. The SMILES string of the molecule is C=C1c2ccc3ccc(OC)cc3c2CCN1C(C)=O. The minimum absolute atomic E-state index is 0.0476. The molecule has 1 aliphatic rings. The Morgan fingerprint density at radius 2 is 2.05 bits per heavy atom. The molecular formula is C17H17NO2. The number of ether oxygens (including phenoxy) is 1. The number of nitrogens with zero attached hydrogens (tertiary/aromatic N) is 1. The Bertz CT molecular complexity index is 718. The average Bonchev–Trinajstić information content (AvgIpc) is 2.46. The van der Waals surface area contributed by atoms with Crippen LogP contribution in [0.15, 0.2) is 36.9 Å². The molecule has 0 saturated heterocycles. The quantitative estimate of drug-likeness (QED) is 0.794. The van der Waals surface area contributed by atoms with E-state index in [1.54, 1.807) is 18.9 Å². The number of carbonyl (C=O) groups is 1. The van der Waals surface area contributed by atoms with Gasteiger partial charge >= 0.3 is 0 Å². The molecule has 0 spiro atoms. The Labute approximate surface area is 118 Å². The average molecular weight is 267 g/mol. The molecule has 0 fully saturated rings. The third-order valence-electron chi connectivity index (χ3n) is 3.94. The normalized spacial score (nSPS) is 14.3. The Balaban J connectivity index is 2.19.